The maximum absolute atomic E-state index is 6.88. The highest BCUT2D eigenvalue weighted by molar-refractivity contribution is 6.34. The number of nitrogen functional groups attached to an aromatic ring is 1. The average Bonchev–Trinajstić information content (AvgIpc) is 2.09. The Morgan fingerprint density at radius 1 is 1.58 bits per heavy atom. The van der Waals surface area contributed by atoms with Crippen LogP contribution in [0.15, 0.2) is 12.1 Å². The van der Waals surface area contributed by atoms with Crippen LogP contribution in [0.1, 0.15) is 12.5 Å². The van der Waals surface area contributed by atoms with Crippen LogP contribution in [0, 0.1) is 6.57 Å². The van der Waals surface area contributed by atoms with Gasteiger partial charge in [-0.25, -0.2) is 4.85 Å². The molecule has 0 aromatic heterocycles. The molecule has 0 saturated carbocycles. The Hall–Kier alpha value is -1.20. The van der Waals surface area contributed by atoms with Crippen molar-refractivity contribution in [2.24, 2.45) is 0 Å². The van der Waals surface area contributed by atoms with Gasteiger partial charge in [-0.15, -0.1) is 0 Å². The number of halogens is 1. The number of hydrogen-bond acceptors (Lipinski definition) is 1. The minimum absolute atomic E-state index is 0.519. The van der Waals surface area contributed by atoms with Gasteiger partial charge in [0.2, 0.25) is 0 Å². The Morgan fingerprint density at radius 3 is 2.75 bits per heavy atom. The van der Waals surface area contributed by atoms with Crippen molar-refractivity contribution in [1.82, 2.24) is 0 Å². The lowest BCUT2D eigenvalue weighted by Crippen LogP contribution is -1.90. The van der Waals surface area contributed by atoms with Gasteiger partial charge >= 0.3 is 0 Å². The van der Waals surface area contributed by atoms with Gasteiger partial charge in [-0.2, -0.15) is 0 Å². The maximum Gasteiger partial charge on any atom is 0.192 e. The SMILES string of the molecule is [C-]#[N+]c1ccc(N)c(Cl)c1CC. The first-order valence-corrected chi connectivity index (χ1v) is 4.02. The second-order valence-electron chi connectivity index (χ2n) is 2.43. The molecule has 12 heavy (non-hydrogen) atoms. The molecule has 62 valence electrons. The van der Waals surface area contributed by atoms with Gasteiger partial charge in [0.05, 0.1) is 11.6 Å². The molecule has 0 aliphatic carbocycles. The molecule has 0 atom stereocenters. The van der Waals surface area contributed by atoms with E-state index in [1.165, 1.54) is 0 Å². The largest absolute Gasteiger partial charge is 0.398 e. The Labute approximate surface area is 76.8 Å². The third-order valence-electron chi connectivity index (χ3n) is 1.72. The number of anilines is 1. The van der Waals surface area contributed by atoms with Crippen LogP contribution in [-0.2, 0) is 6.42 Å². The van der Waals surface area contributed by atoms with Gasteiger partial charge in [-0.05, 0) is 18.1 Å². The molecule has 0 bridgehead atoms. The zero-order valence-corrected chi connectivity index (χ0v) is 7.52. The van der Waals surface area contributed by atoms with E-state index in [0.29, 0.717) is 16.4 Å². The third kappa shape index (κ3) is 1.37. The average molecular weight is 181 g/mol. The summed E-state index contributed by atoms with van der Waals surface area (Å²) >= 11 is 5.91. The summed E-state index contributed by atoms with van der Waals surface area (Å²) in [6, 6.07) is 3.36. The van der Waals surface area contributed by atoms with Crippen molar-refractivity contribution in [3.05, 3.63) is 34.1 Å². The first-order valence-electron chi connectivity index (χ1n) is 3.65. The van der Waals surface area contributed by atoms with Crippen LogP contribution in [0.5, 0.6) is 0 Å². The lowest BCUT2D eigenvalue weighted by Gasteiger charge is -2.05. The topological polar surface area (TPSA) is 30.4 Å². The Kier molecular flexibility index (Phi) is 2.57. The highest BCUT2D eigenvalue weighted by atomic mass is 35.5. The van der Waals surface area contributed by atoms with E-state index in [0.717, 1.165) is 12.0 Å². The fourth-order valence-corrected chi connectivity index (χ4v) is 1.36. The van der Waals surface area contributed by atoms with Crippen LogP contribution in [0.4, 0.5) is 11.4 Å². The summed E-state index contributed by atoms with van der Waals surface area (Å²) in [5.41, 5.74) is 7.56. The van der Waals surface area contributed by atoms with E-state index in [4.69, 9.17) is 23.9 Å². The molecule has 0 fully saturated rings. The van der Waals surface area contributed by atoms with Crippen LogP contribution in [0.3, 0.4) is 0 Å². The summed E-state index contributed by atoms with van der Waals surface area (Å²) in [7, 11) is 0. The van der Waals surface area contributed by atoms with E-state index in [2.05, 4.69) is 4.85 Å². The van der Waals surface area contributed by atoms with Gasteiger partial charge in [0.1, 0.15) is 0 Å². The minimum atomic E-state index is 0.519. The summed E-state index contributed by atoms with van der Waals surface area (Å²) in [6.07, 6.45) is 0.738. The van der Waals surface area contributed by atoms with E-state index < -0.39 is 0 Å². The number of nitrogens with zero attached hydrogens (tertiary/aromatic N) is 1. The highest BCUT2D eigenvalue weighted by Crippen LogP contribution is 2.31. The number of benzene rings is 1. The molecule has 0 amide bonds. The third-order valence-corrected chi connectivity index (χ3v) is 2.17. The molecular weight excluding hydrogens is 172 g/mol. The molecule has 0 aliphatic heterocycles. The second-order valence-corrected chi connectivity index (χ2v) is 2.81. The molecule has 0 aliphatic rings. The minimum Gasteiger partial charge on any atom is -0.398 e. The fourth-order valence-electron chi connectivity index (χ4n) is 1.07. The van der Waals surface area contributed by atoms with Gasteiger partial charge in [0.15, 0.2) is 5.69 Å². The summed E-state index contributed by atoms with van der Waals surface area (Å²) in [4.78, 5) is 3.35. The van der Waals surface area contributed by atoms with E-state index in [-0.39, 0.29) is 0 Å². The predicted octanol–water partition coefficient (Wildman–Crippen LogP) is 3.04. The standard InChI is InChI=1S/C9H9ClN2/c1-3-6-8(12-2)5-4-7(11)9(6)10/h4-5H,3,11H2,1H3. The Bertz CT molecular complexity index is 339. The zero-order chi connectivity index (χ0) is 9.14. The molecule has 0 unspecified atom stereocenters. The quantitative estimate of drug-likeness (QED) is 0.523. The molecule has 2 nitrogen and oxygen atoms in total. The smallest absolute Gasteiger partial charge is 0.192 e. The van der Waals surface area contributed by atoms with Crippen molar-refractivity contribution in [3.63, 3.8) is 0 Å². The second kappa shape index (κ2) is 3.46. The van der Waals surface area contributed by atoms with Crippen molar-refractivity contribution in [1.29, 1.82) is 0 Å². The number of rotatable bonds is 1. The number of nitrogens with two attached hydrogens (primary N) is 1. The Balaban J connectivity index is 3.38. The van der Waals surface area contributed by atoms with E-state index >= 15 is 0 Å². The predicted molar refractivity (Wildman–Crippen MR) is 51.5 cm³/mol. The van der Waals surface area contributed by atoms with Crippen LogP contribution >= 0.6 is 11.6 Å². The van der Waals surface area contributed by atoms with Gasteiger partial charge < -0.3 is 5.73 Å². The van der Waals surface area contributed by atoms with Crippen LogP contribution in [0.2, 0.25) is 5.02 Å². The summed E-state index contributed by atoms with van der Waals surface area (Å²) in [5.74, 6) is 0. The summed E-state index contributed by atoms with van der Waals surface area (Å²) < 4.78 is 0. The van der Waals surface area contributed by atoms with Crippen LogP contribution in [0.25, 0.3) is 4.85 Å². The first kappa shape index (κ1) is 8.89. The molecule has 2 N–H and O–H groups in total. The van der Waals surface area contributed by atoms with Crippen LogP contribution in [-0.4, -0.2) is 0 Å². The normalized spacial score (nSPS) is 9.42. The monoisotopic (exact) mass is 180 g/mol. The molecule has 0 radical (unpaired) electrons. The number of hydrogen-bond donors (Lipinski definition) is 1. The van der Waals surface area contributed by atoms with Crippen molar-refractivity contribution in [2.75, 3.05) is 5.73 Å². The van der Waals surface area contributed by atoms with Gasteiger partial charge in [-0.3, -0.25) is 0 Å². The zero-order valence-electron chi connectivity index (χ0n) is 6.76. The molecular formula is C9H9ClN2. The molecule has 1 rings (SSSR count). The molecule has 1 aromatic rings. The highest BCUT2D eigenvalue weighted by Gasteiger charge is 2.07. The Morgan fingerprint density at radius 2 is 2.25 bits per heavy atom. The van der Waals surface area contributed by atoms with E-state index in [9.17, 15) is 0 Å². The van der Waals surface area contributed by atoms with Gasteiger partial charge in [0, 0.05) is 5.69 Å². The molecule has 3 heteroatoms. The van der Waals surface area contributed by atoms with Gasteiger partial charge in [0.25, 0.3) is 0 Å². The molecule has 0 heterocycles. The molecule has 1 aromatic carbocycles. The maximum atomic E-state index is 6.88. The summed E-state index contributed by atoms with van der Waals surface area (Å²) in [6.45, 7) is 8.83. The van der Waals surface area contributed by atoms with Crippen molar-refractivity contribution in [3.8, 4) is 0 Å². The lowest BCUT2D eigenvalue weighted by atomic mass is 10.1. The van der Waals surface area contributed by atoms with Gasteiger partial charge in [-0.1, -0.05) is 24.6 Å². The lowest BCUT2D eigenvalue weighted by molar-refractivity contribution is 1.15. The van der Waals surface area contributed by atoms with Crippen molar-refractivity contribution >= 4 is 23.0 Å². The van der Waals surface area contributed by atoms with Crippen molar-refractivity contribution in [2.45, 2.75) is 13.3 Å². The molecule has 0 spiro atoms. The molecule has 0 saturated heterocycles. The van der Waals surface area contributed by atoms with E-state index in [1.807, 2.05) is 6.92 Å². The fraction of sp³-hybridized carbons (Fsp3) is 0.222. The van der Waals surface area contributed by atoms with Crippen LogP contribution < -0.4 is 5.73 Å². The summed E-state index contributed by atoms with van der Waals surface area (Å²) in [5, 5.41) is 0.519. The first-order chi connectivity index (χ1) is 5.70. The van der Waals surface area contributed by atoms with Crippen molar-refractivity contribution < 1.29 is 0 Å². The van der Waals surface area contributed by atoms with E-state index in [1.54, 1.807) is 12.1 Å².